The lowest BCUT2D eigenvalue weighted by atomic mass is 10.2. The number of benzene rings is 1. The van der Waals surface area contributed by atoms with Crippen LogP contribution in [0.25, 0.3) is 0 Å². The van der Waals surface area contributed by atoms with Crippen molar-refractivity contribution in [2.75, 3.05) is 5.73 Å². The van der Waals surface area contributed by atoms with Gasteiger partial charge in [-0.15, -0.1) is 0 Å². The largest absolute Gasteiger partial charge is 0.399 e. The van der Waals surface area contributed by atoms with Gasteiger partial charge in [-0.1, -0.05) is 6.07 Å². The van der Waals surface area contributed by atoms with Crippen LogP contribution in [0.15, 0.2) is 53.9 Å². The van der Waals surface area contributed by atoms with Crippen LogP contribution in [0.1, 0.15) is 15.9 Å². The summed E-state index contributed by atoms with van der Waals surface area (Å²) in [5, 5.41) is 3.84. The molecule has 1 aromatic heterocycles. The molecule has 1 aromatic carbocycles. The first-order chi connectivity index (χ1) is 8.75. The number of carbonyl (C=O) groups excluding carboxylic acids is 1. The van der Waals surface area contributed by atoms with E-state index in [1.165, 1.54) is 6.21 Å². The molecule has 2 rings (SSSR count). The molecular formula is C13H12N4O. The Balaban J connectivity index is 1.96. The molecule has 3 N–H and O–H groups in total. The van der Waals surface area contributed by atoms with E-state index in [0.717, 1.165) is 5.56 Å². The molecule has 0 radical (unpaired) electrons. The monoisotopic (exact) mass is 240 g/mol. The van der Waals surface area contributed by atoms with E-state index < -0.39 is 0 Å². The molecule has 1 amide bonds. The van der Waals surface area contributed by atoms with E-state index in [9.17, 15) is 4.79 Å². The zero-order valence-corrected chi connectivity index (χ0v) is 9.58. The minimum absolute atomic E-state index is 0.282. The molecule has 2 aromatic rings. The van der Waals surface area contributed by atoms with Crippen LogP contribution in [-0.4, -0.2) is 17.1 Å². The maximum absolute atomic E-state index is 11.7. The average molecular weight is 240 g/mol. The molecule has 0 saturated carbocycles. The topological polar surface area (TPSA) is 80.4 Å². The molecule has 1 heterocycles. The molecule has 5 heteroatoms. The Morgan fingerprint density at radius 2 is 2.06 bits per heavy atom. The van der Waals surface area contributed by atoms with Gasteiger partial charge in [-0.25, -0.2) is 5.43 Å². The summed E-state index contributed by atoms with van der Waals surface area (Å²) in [7, 11) is 0. The third kappa shape index (κ3) is 3.15. The first kappa shape index (κ1) is 11.8. The predicted molar refractivity (Wildman–Crippen MR) is 70.2 cm³/mol. The minimum atomic E-state index is -0.282. The molecule has 0 aliphatic carbocycles. The maximum Gasteiger partial charge on any atom is 0.271 e. The van der Waals surface area contributed by atoms with Crippen LogP contribution in [0.4, 0.5) is 5.69 Å². The smallest absolute Gasteiger partial charge is 0.271 e. The zero-order chi connectivity index (χ0) is 12.8. The van der Waals surface area contributed by atoms with Gasteiger partial charge in [0.15, 0.2) is 0 Å². The predicted octanol–water partition coefficient (Wildman–Crippen LogP) is 1.43. The SMILES string of the molecule is Nc1ccc(C(=O)N/N=C/c2cccnc2)cc1. The van der Waals surface area contributed by atoms with Crippen LogP contribution in [0, 0.1) is 0 Å². The van der Waals surface area contributed by atoms with Gasteiger partial charge in [0, 0.05) is 29.2 Å². The third-order valence-electron chi connectivity index (χ3n) is 2.24. The minimum Gasteiger partial charge on any atom is -0.399 e. The number of nitrogens with two attached hydrogens (primary N) is 1. The number of rotatable bonds is 3. The second kappa shape index (κ2) is 5.58. The second-order valence-corrected chi connectivity index (χ2v) is 3.61. The average Bonchev–Trinajstić information content (AvgIpc) is 2.40. The standard InChI is InChI=1S/C13H12N4O/c14-12-5-3-11(4-6-12)13(18)17-16-9-10-2-1-7-15-8-10/h1-9H,14H2,(H,17,18)/b16-9+. The molecule has 0 aliphatic rings. The Morgan fingerprint density at radius 1 is 1.28 bits per heavy atom. The highest BCUT2D eigenvalue weighted by Crippen LogP contribution is 2.04. The normalized spacial score (nSPS) is 10.4. The summed E-state index contributed by atoms with van der Waals surface area (Å²) < 4.78 is 0. The highest BCUT2D eigenvalue weighted by Gasteiger charge is 2.02. The van der Waals surface area contributed by atoms with Crippen molar-refractivity contribution < 1.29 is 4.79 Å². The fourth-order valence-corrected chi connectivity index (χ4v) is 1.32. The van der Waals surface area contributed by atoms with Gasteiger partial charge in [0.1, 0.15) is 0 Å². The van der Waals surface area contributed by atoms with E-state index in [-0.39, 0.29) is 5.91 Å². The summed E-state index contributed by atoms with van der Waals surface area (Å²) in [4.78, 5) is 15.6. The number of carbonyl (C=O) groups is 1. The summed E-state index contributed by atoms with van der Waals surface area (Å²) in [6.07, 6.45) is 4.85. The van der Waals surface area contributed by atoms with Crippen molar-refractivity contribution in [2.24, 2.45) is 5.10 Å². The lowest BCUT2D eigenvalue weighted by Gasteiger charge is -1.99. The fraction of sp³-hybridized carbons (Fsp3) is 0. The van der Waals surface area contributed by atoms with Gasteiger partial charge in [0.2, 0.25) is 0 Å². The summed E-state index contributed by atoms with van der Waals surface area (Å²) in [5.74, 6) is -0.282. The summed E-state index contributed by atoms with van der Waals surface area (Å²) in [5.41, 5.74) is 9.90. The summed E-state index contributed by atoms with van der Waals surface area (Å²) >= 11 is 0. The van der Waals surface area contributed by atoms with Crippen molar-refractivity contribution in [1.29, 1.82) is 0 Å². The van der Waals surface area contributed by atoms with Gasteiger partial charge in [-0.05, 0) is 30.3 Å². The number of pyridine rings is 1. The third-order valence-corrected chi connectivity index (χ3v) is 2.24. The first-order valence-electron chi connectivity index (χ1n) is 5.35. The van der Waals surface area contributed by atoms with Crippen LogP contribution in [0.2, 0.25) is 0 Å². The van der Waals surface area contributed by atoms with Crippen LogP contribution in [0.5, 0.6) is 0 Å². The van der Waals surface area contributed by atoms with Crippen molar-refractivity contribution >= 4 is 17.8 Å². The number of anilines is 1. The second-order valence-electron chi connectivity index (χ2n) is 3.61. The molecule has 18 heavy (non-hydrogen) atoms. The lowest BCUT2D eigenvalue weighted by Crippen LogP contribution is -2.17. The Labute approximate surface area is 104 Å². The first-order valence-corrected chi connectivity index (χ1v) is 5.35. The van der Waals surface area contributed by atoms with Crippen LogP contribution >= 0.6 is 0 Å². The number of nitrogen functional groups attached to an aromatic ring is 1. The van der Waals surface area contributed by atoms with Gasteiger partial charge < -0.3 is 5.73 Å². The number of hydrogen-bond donors (Lipinski definition) is 2. The van der Waals surface area contributed by atoms with E-state index in [2.05, 4.69) is 15.5 Å². The molecule has 5 nitrogen and oxygen atoms in total. The van der Waals surface area contributed by atoms with Gasteiger partial charge >= 0.3 is 0 Å². The van der Waals surface area contributed by atoms with Gasteiger partial charge in [0.25, 0.3) is 5.91 Å². The van der Waals surface area contributed by atoms with E-state index in [0.29, 0.717) is 11.3 Å². The molecule has 0 bridgehead atoms. The van der Waals surface area contributed by atoms with Crippen LogP contribution < -0.4 is 11.2 Å². The molecule has 0 fully saturated rings. The number of amides is 1. The van der Waals surface area contributed by atoms with Gasteiger partial charge in [-0.2, -0.15) is 5.10 Å². The van der Waals surface area contributed by atoms with Crippen LogP contribution in [-0.2, 0) is 0 Å². The van der Waals surface area contributed by atoms with E-state index in [1.807, 2.05) is 6.07 Å². The fourth-order valence-electron chi connectivity index (χ4n) is 1.32. The number of nitrogens with one attached hydrogen (secondary N) is 1. The Morgan fingerprint density at radius 3 is 2.72 bits per heavy atom. The van der Waals surface area contributed by atoms with Gasteiger partial charge in [0.05, 0.1) is 6.21 Å². The number of aromatic nitrogens is 1. The number of nitrogens with zero attached hydrogens (tertiary/aromatic N) is 2. The Hall–Kier alpha value is -2.69. The van der Waals surface area contributed by atoms with Crippen molar-refractivity contribution in [3.63, 3.8) is 0 Å². The highest BCUT2D eigenvalue weighted by atomic mass is 16.2. The van der Waals surface area contributed by atoms with E-state index in [4.69, 9.17) is 5.73 Å². The molecule has 0 unspecified atom stereocenters. The van der Waals surface area contributed by atoms with E-state index >= 15 is 0 Å². The number of hydrogen-bond acceptors (Lipinski definition) is 4. The summed E-state index contributed by atoms with van der Waals surface area (Å²) in [6.45, 7) is 0. The number of hydrazone groups is 1. The highest BCUT2D eigenvalue weighted by molar-refractivity contribution is 5.95. The van der Waals surface area contributed by atoms with Gasteiger partial charge in [-0.3, -0.25) is 9.78 Å². The molecule has 0 aliphatic heterocycles. The van der Waals surface area contributed by atoms with Crippen molar-refractivity contribution in [3.8, 4) is 0 Å². The zero-order valence-electron chi connectivity index (χ0n) is 9.58. The van der Waals surface area contributed by atoms with E-state index in [1.54, 1.807) is 42.7 Å². The Bertz CT molecular complexity index is 549. The lowest BCUT2D eigenvalue weighted by molar-refractivity contribution is 0.0955. The van der Waals surface area contributed by atoms with Crippen molar-refractivity contribution in [2.45, 2.75) is 0 Å². The molecular weight excluding hydrogens is 228 g/mol. The van der Waals surface area contributed by atoms with Crippen LogP contribution in [0.3, 0.4) is 0 Å². The quantitative estimate of drug-likeness (QED) is 0.484. The van der Waals surface area contributed by atoms with Crippen molar-refractivity contribution in [3.05, 3.63) is 59.9 Å². The molecule has 90 valence electrons. The van der Waals surface area contributed by atoms with Crippen molar-refractivity contribution in [1.82, 2.24) is 10.4 Å². The maximum atomic E-state index is 11.7. The Kier molecular flexibility index (Phi) is 3.66. The molecule has 0 spiro atoms. The molecule has 0 atom stereocenters. The summed E-state index contributed by atoms with van der Waals surface area (Å²) in [6, 6.07) is 10.3. The molecule has 0 saturated heterocycles.